The number of ether oxygens (including phenoxy) is 1. The summed E-state index contributed by atoms with van der Waals surface area (Å²) in [5.74, 6) is 1.52. The Kier molecular flexibility index (Phi) is 6.90. The molecule has 5 heterocycles. The van der Waals surface area contributed by atoms with Crippen LogP contribution in [0.3, 0.4) is 0 Å². The van der Waals surface area contributed by atoms with E-state index >= 15 is 0 Å². The van der Waals surface area contributed by atoms with Crippen LogP contribution in [-0.4, -0.2) is 106 Å². The largest absolute Gasteiger partial charge is 0.444 e. The minimum Gasteiger partial charge on any atom is -0.444 e. The van der Waals surface area contributed by atoms with Gasteiger partial charge in [-0.05, 0) is 68.6 Å². The highest BCUT2D eigenvalue weighted by Gasteiger charge is 2.61. The molecular formula is C29H38BrClN6O3S. The van der Waals surface area contributed by atoms with Gasteiger partial charge in [0.25, 0.3) is 0 Å². The molecule has 222 valence electrons. The molecule has 4 fully saturated rings. The van der Waals surface area contributed by atoms with Crippen molar-refractivity contribution in [3.63, 3.8) is 0 Å². The first-order valence-electron chi connectivity index (χ1n) is 14.8. The van der Waals surface area contributed by atoms with Crippen LogP contribution in [-0.2, 0) is 10.3 Å². The number of likely N-dealkylation sites (N-methyl/N-ethyl adjacent to an activating group) is 1. The third kappa shape index (κ3) is 4.60. The first-order valence-corrected chi connectivity index (χ1v) is 17.0. The number of piperazine rings is 2. The number of amides is 1. The number of benzene rings is 1. The molecule has 1 aliphatic carbocycles. The van der Waals surface area contributed by atoms with E-state index in [-0.39, 0.29) is 29.4 Å². The fraction of sp³-hybridized carbons (Fsp3) is 0.690. The molecule has 4 unspecified atom stereocenters. The number of aromatic nitrogens is 2. The SMILES string of the molecule is CCN1CCN(C2CC23CSc2c(Br)c(Cl)cc4c(N5CC6CCC(C5)N6C(=O)OC(C)(C)C)nc(=O)n3c24)CC1. The summed E-state index contributed by atoms with van der Waals surface area (Å²) in [6.07, 6.45) is 2.55. The third-order valence-electron chi connectivity index (χ3n) is 9.61. The van der Waals surface area contributed by atoms with Crippen molar-refractivity contribution < 1.29 is 9.53 Å². The van der Waals surface area contributed by atoms with Crippen LogP contribution >= 0.6 is 39.3 Å². The van der Waals surface area contributed by atoms with E-state index in [1.54, 1.807) is 0 Å². The Morgan fingerprint density at radius 1 is 1.20 bits per heavy atom. The number of rotatable bonds is 3. The molecule has 1 aromatic carbocycles. The molecule has 2 aromatic rings. The van der Waals surface area contributed by atoms with Gasteiger partial charge < -0.3 is 14.5 Å². The van der Waals surface area contributed by atoms with Crippen molar-refractivity contribution >= 4 is 62.1 Å². The summed E-state index contributed by atoms with van der Waals surface area (Å²) in [4.78, 5) is 42.1. The lowest BCUT2D eigenvalue weighted by Crippen LogP contribution is -2.57. The summed E-state index contributed by atoms with van der Waals surface area (Å²) in [5.41, 5.74) is -0.0134. The number of hydrogen-bond acceptors (Lipinski definition) is 8. The average molecular weight is 666 g/mol. The number of carbonyl (C=O) groups excluding carboxylic acids is 1. The molecule has 2 bridgehead atoms. The summed E-state index contributed by atoms with van der Waals surface area (Å²) in [6.45, 7) is 14.5. The molecule has 5 aliphatic rings. The van der Waals surface area contributed by atoms with E-state index in [0.29, 0.717) is 30.0 Å². The zero-order valence-corrected chi connectivity index (χ0v) is 27.3. The van der Waals surface area contributed by atoms with Crippen LogP contribution < -0.4 is 10.6 Å². The minimum absolute atomic E-state index is 0.0245. The van der Waals surface area contributed by atoms with Crippen molar-refractivity contribution in [2.45, 2.75) is 81.1 Å². The number of anilines is 1. The molecule has 9 nitrogen and oxygen atoms in total. The Morgan fingerprint density at radius 3 is 2.51 bits per heavy atom. The zero-order valence-electron chi connectivity index (χ0n) is 24.2. The van der Waals surface area contributed by atoms with E-state index in [1.165, 1.54) is 0 Å². The van der Waals surface area contributed by atoms with Crippen LogP contribution in [0.15, 0.2) is 20.2 Å². The maximum absolute atomic E-state index is 14.1. The average Bonchev–Trinajstić information content (AvgIpc) is 3.57. The Balaban J connectivity index is 1.25. The summed E-state index contributed by atoms with van der Waals surface area (Å²) in [7, 11) is 0. The van der Waals surface area contributed by atoms with E-state index in [4.69, 9.17) is 21.3 Å². The molecule has 4 aliphatic heterocycles. The molecular weight excluding hydrogens is 628 g/mol. The standard InChI is InChI=1S/C29H38BrClN6O3S/c1-5-33-8-10-34(11-9-33)21-13-29(21)16-41-24-22(30)20(31)12-19-23(24)37(29)26(38)32-25(19)35-14-17-6-7-18(15-35)36(17)27(39)40-28(2,3)4/h12,17-18,21H,5-11,13-16H2,1-4H3. The van der Waals surface area contributed by atoms with Crippen molar-refractivity contribution in [3.05, 3.63) is 26.0 Å². The molecule has 1 spiro atoms. The van der Waals surface area contributed by atoms with Gasteiger partial charge in [0.2, 0.25) is 0 Å². The van der Waals surface area contributed by atoms with Crippen LogP contribution in [0.4, 0.5) is 10.6 Å². The van der Waals surface area contributed by atoms with E-state index in [0.717, 1.165) is 78.0 Å². The Labute approximate surface area is 258 Å². The number of hydrogen-bond donors (Lipinski definition) is 0. The van der Waals surface area contributed by atoms with E-state index < -0.39 is 5.60 Å². The van der Waals surface area contributed by atoms with Crippen LogP contribution in [0.1, 0.15) is 47.0 Å². The fourth-order valence-electron chi connectivity index (χ4n) is 7.55. The monoisotopic (exact) mass is 664 g/mol. The molecule has 1 saturated carbocycles. The predicted octanol–water partition coefficient (Wildman–Crippen LogP) is 4.61. The topological polar surface area (TPSA) is 74.2 Å². The Hall–Kier alpha value is -1.53. The first-order chi connectivity index (χ1) is 19.5. The van der Waals surface area contributed by atoms with Crippen molar-refractivity contribution in [3.8, 4) is 0 Å². The van der Waals surface area contributed by atoms with Gasteiger partial charge in [-0.2, -0.15) is 4.98 Å². The molecule has 0 radical (unpaired) electrons. The number of thioether (sulfide) groups is 1. The lowest BCUT2D eigenvalue weighted by molar-refractivity contribution is 0.0123. The van der Waals surface area contributed by atoms with Crippen LogP contribution in [0.2, 0.25) is 5.02 Å². The zero-order chi connectivity index (χ0) is 28.8. The lowest BCUT2D eigenvalue weighted by atomic mass is 10.1. The molecule has 3 saturated heterocycles. The first kappa shape index (κ1) is 28.3. The summed E-state index contributed by atoms with van der Waals surface area (Å²) < 4.78 is 8.60. The Bertz CT molecular complexity index is 1460. The lowest BCUT2D eigenvalue weighted by Gasteiger charge is -2.42. The van der Waals surface area contributed by atoms with Gasteiger partial charge in [-0.15, -0.1) is 11.8 Å². The molecule has 7 rings (SSSR count). The van der Waals surface area contributed by atoms with Crippen LogP contribution in [0, 0.1) is 0 Å². The van der Waals surface area contributed by atoms with Crippen molar-refractivity contribution in [2.75, 3.05) is 56.5 Å². The van der Waals surface area contributed by atoms with Gasteiger partial charge in [0.05, 0.1) is 32.6 Å². The second kappa shape index (κ2) is 10.0. The molecule has 4 atom stereocenters. The molecule has 0 N–H and O–H groups in total. The minimum atomic E-state index is -0.540. The Morgan fingerprint density at radius 2 is 1.88 bits per heavy atom. The highest BCUT2D eigenvalue weighted by atomic mass is 79.9. The van der Waals surface area contributed by atoms with Gasteiger partial charge in [0, 0.05) is 61.3 Å². The van der Waals surface area contributed by atoms with Crippen molar-refractivity contribution in [1.82, 2.24) is 24.3 Å². The highest BCUT2D eigenvalue weighted by molar-refractivity contribution is 9.10. The molecule has 1 aromatic heterocycles. The van der Waals surface area contributed by atoms with Crippen LogP contribution in [0.25, 0.3) is 10.9 Å². The second-order valence-electron chi connectivity index (χ2n) is 13.2. The number of halogens is 2. The quantitative estimate of drug-likeness (QED) is 0.471. The maximum Gasteiger partial charge on any atom is 0.410 e. The van der Waals surface area contributed by atoms with E-state index in [2.05, 4.69) is 37.6 Å². The van der Waals surface area contributed by atoms with Gasteiger partial charge in [-0.3, -0.25) is 14.4 Å². The maximum atomic E-state index is 14.1. The van der Waals surface area contributed by atoms with Crippen LogP contribution in [0.5, 0.6) is 0 Å². The van der Waals surface area contributed by atoms with E-state index in [1.807, 2.05) is 48.1 Å². The van der Waals surface area contributed by atoms with Gasteiger partial charge in [0.15, 0.2) is 0 Å². The van der Waals surface area contributed by atoms with Gasteiger partial charge >= 0.3 is 11.8 Å². The fourth-order valence-corrected chi connectivity index (χ4v) is 9.86. The number of fused-ring (bicyclic) bond motifs is 3. The number of carbonyl (C=O) groups is 1. The normalized spacial score (nSPS) is 30.0. The van der Waals surface area contributed by atoms with Crippen molar-refractivity contribution in [1.29, 1.82) is 0 Å². The van der Waals surface area contributed by atoms with Crippen molar-refractivity contribution in [2.24, 2.45) is 0 Å². The second-order valence-corrected chi connectivity index (χ2v) is 15.4. The highest BCUT2D eigenvalue weighted by Crippen LogP contribution is 2.57. The summed E-state index contributed by atoms with van der Waals surface area (Å²) in [5, 5.41) is 1.55. The summed E-state index contributed by atoms with van der Waals surface area (Å²) >= 11 is 12.3. The van der Waals surface area contributed by atoms with E-state index in [9.17, 15) is 9.59 Å². The van der Waals surface area contributed by atoms with Gasteiger partial charge in [0.1, 0.15) is 11.4 Å². The van der Waals surface area contributed by atoms with Gasteiger partial charge in [-0.1, -0.05) is 18.5 Å². The number of nitrogens with zero attached hydrogens (tertiary/aromatic N) is 6. The third-order valence-corrected chi connectivity index (χ3v) is 12.6. The molecule has 1 amide bonds. The predicted molar refractivity (Wildman–Crippen MR) is 167 cm³/mol. The van der Waals surface area contributed by atoms with Gasteiger partial charge in [-0.25, -0.2) is 9.59 Å². The molecule has 12 heteroatoms. The summed E-state index contributed by atoms with van der Waals surface area (Å²) in [6, 6.07) is 2.37. The smallest absolute Gasteiger partial charge is 0.410 e. The molecule has 41 heavy (non-hydrogen) atoms.